The second kappa shape index (κ2) is 15.4. The van der Waals surface area contributed by atoms with Crippen LogP contribution in [0.3, 0.4) is 0 Å². The average molecular weight is 688 g/mol. The predicted octanol–water partition coefficient (Wildman–Crippen LogP) is 12.6. The third-order valence-electron chi connectivity index (χ3n) is 9.16. The molecule has 0 saturated heterocycles. The number of hydrogen-bond acceptors (Lipinski definition) is 4. The highest BCUT2D eigenvalue weighted by Crippen LogP contribution is 2.39. The van der Waals surface area contributed by atoms with Crippen LogP contribution in [0.2, 0.25) is 0 Å². The molecular weight excluding hydrogens is 651 g/mol. The number of aryl methyl sites for hydroxylation is 2. The Hall–Kier alpha value is -7.16. The lowest BCUT2D eigenvalue weighted by Crippen LogP contribution is -2.10. The molecule has 0 heterocycles. The van der Waals surface area contributed by atoms with Crippen molar-refractivity contribution in [1.29, 1.82) is 5.26 Å². The molecule has 0 amide bonds. The molecule has 256 valence electrons. The van der Waals surface area contributed by atoms with Crippen molar-refractivity contribution in [3.05, 3.63) is 198 Å². The van der Waals surface area contributed by atoms with Gasteiger partial charge in [0.2, 0.25) is 0 Å². The lowest BCUT2D eigenvalue weighted by atomic mass is 10.0. The molecule has 7 rings (SSSR count). The van der Waals surface area contributed by atoms with Gasteiger partial charge in [0.15, 0.2) is 0 Å². The zero-order chi connectivity index (χ0) is 36.7. The van der Waals surface area contributed by atoms with Crippen LogP contribution in [-0.2, 0) is 4.79 Å². The average Bonchev–Trinajstić information content (AvgIpc) is 3.18. The molecule has 7 aromatic carbocycles. The number of nitrogens with zero attached hydrogens (tertiary/aromatic N) is 3. The van der Waals surface area contributed by atoms with E-state index in [4.69, 9.17) is 10.4 Å². The van der Waals surface area contributed by atoms with Crippen molar-refractivity contribution >= 4 is 56.9 Å². The molecule has 0 atom stereocenters. The van der Waals surface area contributed by atoms with E-state index in [1.54, 1.807) is 18.2 Å². The second-order valence-corrected chi connectivity index (χ2v) is 12.9. The normalized spacial score (nSPS) is 11.4. The third-order valence-corrected chi connectivity index (χ3v) is 9.16. The molecule has 0 fully saturated rings. The van der Waals surface area contributed by atoms with E-state index in [9.17, 15) is 4.79 Å². The summed E-state index contributed by atoms with van der Waals surface area (Å²) in [5.74, 6) is -1.24. The topological polar surface area (TPSA) is 67.6 Å². The summed E-state index contributed by atoms with van der Waals surface area (Å²) in [6.07, 6.45) is 4.69. The molecule has 1 N–H and O–H groups in total. The maximum Gasteiger partial charge on any atom is 0.346 e. The van der Waals surface area contributed by atoms with Crippen LogP contribution in [0.4, 0.5) is 34.1 Å². The van der Waals surface area contributed by atoms with Gasteiger partial charge in [-0.25, -0.2) is 4.79 Å². The molecule has 7 aromatic rings. The van der Waals surface area contributed by atoms with E-state index in [1.165, 1.54) is 17.2 Å². The zero-order valence-corrected chi connectivity index (χ0v) is 29.5. The molecule has 0 saturated carbocycles. The number of para-hydroxylation sites is 1. The van der Waals surface area contributed by atoms with Gasteiger partial charge in [0.05, 0.1) is 0 Å². The smallest absolute Gasteiger partial charge is 0.346 e. The molecule has 0 radical (unpaired) electrons. The lowest BCUT2D eigenvalue weighted by Gasteiger charge is -2.26. The molecule has 5 nitrogen and oxygen atoms in total. The number of hydrogen-bond donors (Lipinski definition) is 1. The van der Waals surface area contributed by atoms with E-state index in [0.717, 1.165) is 61.6 Å². The molecule has 5 heteroatoms. The molecule has 0 bridgehead atoms. The summed E-state index contributed by atoms with van der Waals surface area (Å²) < 4.78 is 0. The van der Waals surface area contributed by atoms with Crippen LogP contribution in [0.5, 0.6) is 0 Å². The number of anilines is 6. The summed E-state index contributed by atoms with van der Waals surface area (Å²) in [5.41, 5.74) is 11.8. The lowest BCUT2D eigenvalue weighted by molar-refractivity contribution is -0.132. The summed E-state index contributed by atoms with van der Waals surface area (Å²) >= 11 is 0. The van der Waals surface area contributed by atoms with Crippen molar-refractivity contribution in [2.45, 2.75) is 13.8 Å². The minimum Gasteiger partial charge on any atom is -0.477 e. The molecule has 53 heavy (non-hydrogen) atoms. The Morgan fingerprint density at radius 1 is 0.547 bits per heavy atom. The van der Waals surface area contributed by atoms with Crippen molar-refractivity contribution in [1.82, 2.24) is 0 Å². The molecule has 0 aliphatic carbocycles. The standard InChI is InChI=1S/C48H37N3O2/c1-34-14-23-43(24-15-34)51(46-13-6-8-35(2)30-46)45-27-20-38(21-28-45)37-18-25-44(26-19-37)50(42-11-4-3-5-12-42)47-29-22-39-31-36(16-17-40(39)32-47)9-7-10-41(33-49)48(52)53/h3-32H,1-2H3,(H,52,53)/b9-7+,41-10+. The van der Waals surface area contributed by atoms with Crippen LogP contribution in [0, 0.1) is 25.2 Å². The van der Waals surface area contributed by atoms with Gasteiger partial charge in [0.1, 0.15) is 11.6 Å². The van der Waals surface area contributed by atoms with E-state index in [1.807, 2.05) is 30.3 Å². The van der Waals surface area contributed by atoms with Crippen LogP contribution in [0.25, 0.3) is 28.0 Å². The van der Waals surface area contributed by atoms with Gasteiger partial charge in [-0.1, -0.05) is 103 Å². The Balaban J connectivity index is 1.17. The molecule has 0 aromatic heterocycles. The van der Waals surface area contributed by atoms with Gasteiger partial charge in [0.25, 0.3) is 0 Å². The number of aliphatic carboxylic acids is 1. The number of allylic oxidation sites excluding steroid dienone is 2. The summed E-state index contributed by atoms with van der Waals surface area (Å²) in [7, 11) is 0. The van der Waals surface area contributed by atoms with Crippen LogP contribution in [0.1, 0.15) is 16.7 Å². The second-order valence-electron chi connectivity index (χ2n) is 12.9. The summed E-state index contributed by atoms with van der Waals surface area (Å²) in [4.78, 5) is 15.7. The van der Waals surface area contributed by atoms with Crippen LogP contribution in [-0.4, -0.2) is 11.1 Å². The first kappa shape index (κ1) is 34.3. The first-order chi connectivity index (χ1) is 25.9. The van der Waals surface area contributed by atoms with Crippen LogP contribution < -0.4 is 9.80 Å². The van der Waals surface area contributed by atoms with Crippen molar-refractivity contribution in [3.63, 3.8) is 0 Å². The maximum atomic E-state index is 11.1. The van der Waals surface area contributed by atoms with E-state index in [0.29, 0.717) is 0 Å². The molecular formula is C48H37N3O2. The van der Waals surface area contributed by atoms with Gasteiger partial charge in [0, 0.05) is 34.1 Å². The van der Waals surface area contributed by atoms with Crippen molar-refractivity contribution in [2.75, 3.05) is 9.80 Å². The van der Waals surface area contributed by atoms with Crippen molar-refractivity contribution in [3.8, 4) is 17.2 Å². The first-order valence-corrected chi connectivity index (χ1v) is 17.4. The predicted molar refractivity (Wildman–Crippen MR) is 219 cm³/mol. The van der Waals surface area contributed by atoms with Gasteiger partial charge in [-0.2, -0.15) is 5.26 Å². The number of fused-ring (bicyclic) bond motifs is 1. The minimum absolute atomic E-state index is 0.308. The Morgan fingerprint density at radius 2 is 1.06 bits per heavy atom. The van der Waals surface area contributed by atoms with Gasteiger partial charge in [-0.3, -0.25) is 0 Å². The number of benzene rings is 7. The molecule has 0 spiro atoms. The van der Waals surface area contributed by atoms with Gasteiger partial charge >= 0.3 is 5.97 Å². The largest absolute Gasteiger partial charge is 0.477 e. The fourth-order valence-corrected chi connectivity index (χ4v) is 6.44. The number of carboxylic acid groups (broad SMARTS) is 1. The number of carboxylic acids is 1. The Labute approximate surface area is 310 Å². The van der Waals surface area contributed by atoms with Crippen LogP contribution in [0.15, 0.2) is 182 Å². The fourth-order valence-electron chi connectivity index (χ4n) is 6.44. The fraction of sp³-hybridized carbons (Fsp3) is 0.0417. The number of carbonyl (C=O) groups is 1. The van der Waals surface area contributed by atoms with E-state index >= 15 is 0 Å². The zero-order valence-electron chi connectivity index (χ0n) is 29.5. The third kappa shape index (κ3) is 7.78. The first-order valence-electron chi connectivity index (χ1n) is 17.4. The van der Waals surface area contributed by atoms with Crippen molar-refractivity contribution in [2.24, 2.45) is 0 Å². The van der Waals surface area contributed by atoms with Gasteiger partial charge in [-0.15, -0.1) is 0 Å². The summed E-state index contributed by atoms with van der Waals surface area (Å²) in [5, 5.41) is 20.2. The highest BCUT2D eigenvalue weighted by Gasteiger charge is 2.15. The summed E-state index contributed by atoms with van der Waals surface area (Å²) in [6.45, 7) is 4.23. The van der Waals surface area contributed by atoms with Gasteiger partial charge < -0.3 is 14.9 Å². The Kier molecular flexibility index (Phi) is 9.96. The molecule has 0 aliphatic heterocycles. The Bertz CT molecular complexity index is 2490. The highest BCUT2D eigenvalue weighted by molar-refractivity contribution is 5.92. The van der Waals surface area contributed by atoms with Crippen molar-refractivity contribution < 1.29 is 9.90 Å². The maximum absolute atomic E-state index is 11.1. The van der Waals surface area contributed by atoms with Crippen LogP contribution >= 0.6 is 0 Å². The quantitative estimate of drug-likeness (QED) is 0.0880. The summed E-state index contributed by atoms with van der Waals surface area (Å²) in [6, 6.07) is 59.2. The van der Waals surface area contributed by atoms with Gasteiger partial charge in [-0.05, 0) is 132 Å². The number of nitriles is 1. The van der Waals surface area contributed by atoms with E-state index < -0.39 is 5.97 Å². The monoisotopic (exact) mass is 687 g/mol. The minimum atomic E-state index is -1.24. The SMILES string of the molecule is Cc1ccc(N(c2ccc(-c3ccc(N(c4ccccc4)c4ccc5cc(/C=C/C=C(\C#N)C(=O)O)ccc5c4)cc3)cc2)c2cccc(C)c2)cc1. The Morgan fingerprint density at radius 3 is 1.64 bits per heavy atom. The molecule has 0 aliphatic rings. The van der Waals surface area contributed by atoms with E-state index in [-0.39, 0.29) is 5.57 Å². The highest BCUT2D eigenvalue weighted by atomic mass is 16.4. The number of rotatable bonds is 10. The van der Waals surface area contributed by atoms with E-state index in [2.05, 4.69) is 157 Å². The molecule has 0 unspecified atom stereocenters.